The summed E-state index contributed by atoms with van der Waals surface area (Å²) in [7, 11) is 0. The lowest BCUT2D eigenvalue weighted by Gasteiger charge is -2.36. The van der Waals surface area contributed by atoms with E-state index >= 15 is 0 Å². The summed E-state index contributed by atoms with van der Waals surface area (Å²) in [4.78, 5) is 23.1. The number of nitrogens with zero attached hydrogens (tertiary/aromatic N) is 3. The van der Waals surface area contributed by atoms with E-state index in [1.165, 1.54) is 11.1 Å². The van der Waals surface area contributed by atoms with E-state index in [-0.39, 0.29) is 5.69 Å². The van der Waals surface area contributed by atoms with Crippen LogP contribution in [0, 0.1) is 12.8 Å². The number of fused-ring (bicyclic) bond motifs is 3. The highest BCUT2D eigenvalue weighted by Gasteiger charge is 2.29. The Balaban J connectivity index is 1.23. The summed E-state index contributed by atoms with van der Waals surface area (Å²) >= 11 is 0. The SMILES string of the molecule is Cc1ccc2[nH]c(=O)n3c(CN4CCC(C(c5ccccc5)c5ccccc5)CC4)cnc3c2c1. The van der Waals surface area contributed by atoms with Crippen LogP contribution in [-0.2, 0) is 6.54 Å². The molecule has 0 atom stereocenters. The molecule has 1 saturated heterocycles. The molecule has 1 N–H and O–H groups in total. The van der Waals surface area contributed by atoms with Crippen LogP contribution in [0.15, 0.2) is 89.9 Å². The fraction of sp³-hybridized carbons (Fsp3) is 0.267. The molecule has 3 heterocycles. The molecule has 0 unspecified atom stereocenters. The fourth-order valence-corrected chi connectivity index (χ4v) is 5.77. The van der Waals surface area contributed by atoms with Gasteiger partial charge in [0.15, 0.2) is 5.65 Å². The zero-order chi connectivity index (χ0) is 23.8. The van der Waals surface area contributed by atoms with Crippen molar-refractivity contribution in [1.29, 1.82) is 0 Å². The molecule has 176 valence electrons. The molecule has 2 aromatic heterocycles. The highest BCUT2D eigenvalue weighted by Crippen LogP contribution is 2.38. The first-order valence-corrected chi connectivity index (χ1v) is 12.5. The van der Waals surface area contributed by atoms with Crippen LogP contribution in [0.4, 0.5) is 0 Å². The van der Waals surface area contributed by atoms with Gasteiger partial charge >= 0.3 is 5.69 Å². The Morgan fingerprint density at radius 1 is 0.943 bits per heavy atom. The molecule has 1 aliphatic heterocycles. The molecule has 1 fully saturated rings. The van der Waals surface area contributed by atoms with Gasteiger partial charge in [0, 0.05) is 17.8 Å². The van der Waals surface area contributed by atoms with Crippen molar-refractivity contribution in [2.24, 2.45) is 5.92 Å². The number of hydrogen-bond acceptors (Lipinski definition) is 3. The van der Waals surface area contributed by atoms with Gasteiger partial charge in [0.05, 0.1) is 17.4 Å². The number of piperidine rings is 1. The van der Waals surface area contributed by atoms with E-state index in [4.69, 9.17) is 0 Å². The molecule has 0 saturated carbocycles. The number of aromatic amines is 1. The summed E-state index contributed by atoms with van der Waals surface area (Å²) < 4.78 is 1.75. The van der Waals surface area contributed by atoms with E-state index in [1.807, 2.05) is 18.3 Å². The van der Waals surface area contributed by atoms with Crippen LogP contribution in [0.2, 0.25) is 0 Å². The average molecular weight is 463 g/mol. The van der Waals surface area contributed by atoms with Gasteiger partial charge in [-0.15, -0.1) is 0 Å². The third kappa shape index (κ3) is 4.17. The van der Waals surface area contributed by atoms with Gasteiger partial charge < -0.3 is 4.98 Å². The zero-order valence-electron chi connectivity index (χ0n) is 20.0. The minimum atomic E-state index is -0.119. The lowest BCUT2D eigenvalue weighted by atomic mass is 9.76. The second-order valence-electron chi connectivity index (χ2n) is 9.80. The van der Waals surface area contributed by atoms with Gasteiger partial charge in [-0.1, -0.05) is 72.3 Å². The number of aryl methyl sites for hydroxylation is 1. The van der Waals surface area contributed by atoms with Gasteiger partial charge in [-0.2, -0.15) is 0 Å². The van der Waals surface area contributed by atoms with Crippen molar-refractivity contribution in [3.05, 3.63) is 118 Å². The molecule has 5 nitrogen and oxygen atoms in total. The van der Waals surface area contributed by atoms with E-state index in [0.29, 0.717) is 11.8 Å². The van der Waals surface area contributed by atoms with Crippen molar-refractivity contribution >= 4 is 16.6 Å². The highest BCUT2D eigenvalue weighted by atomic mass is 16.1. The Labute approximate surface area is 205 Å². The van der Waals surface area contributed by atoms with E-state index in [1.54, 1.807) is 4.40 Å². The van der Waals surface area contributed by atoms with Crippen molar-refractivity contribution in [1.82, 2.24) is 19.3 Å². The number of aromatic nitrogens is 3. The molecule has 35 heavy (non-hydrogen) atoms. The van der Waals surface area contributed by atoms with Crippen LogP contribution in [0.5, 0.6) is 0 Å². The fourth-order valence-electron chi connectivity index (χ4n) is 5.77. The molecule has 0 bridgehead atoms. The van der Waals surface area contributed by atoms with E-state index in [0.717, 1.165) is 60.3 Å². The normalized spacial score (nSPS) is 15.4. The number of H-pyrrole nitrogens is 1. The summed E-state index contributed by atoms with van der Waals surface area (Å²) in [6.45, 7) is 4.82. The predicted molar refractivity (Wildman–Crippen MR) is 141 cm³/mol. The topological polar surface area (TPSA) is 53.4 Å². The number of hydrogen-bond donors (Lipinski definition) is 1. The average Bonchev–Trinajstić information content (AvgIpc) is 3.32. The molecule has 5 heteroatoms. The van der Waals surface area contributed by atoms with Gasteiger partial charge in [-0.3, -0.25) is 4.90 Å². The summed E-state index contributed by atoms with van der Waals surface area (Å²) in [6.07, 6.45) is 4.13. The van der Waals surface area contributed by atoms with Crippen LogP contribution >= 0.6 is 0 Å². The first kappa shape index (κ1) is 21.8. The second kappa shape index (κ2) is 9.16. The van der Waals surface area contributed by atoms with Crippen LogP contribution in [0.25, 0.3) is 16.6 Å². The maximum absolute atomic E-state index is 12.9. The van der Waals surface area contributed by atoms with Crippen molar-refractivity contribution in [3.8, 4) is 0 Å². The van der Waals surface area contributed by atoms with Crippen molar-refractivity contribution in [3.63, 3.8) is 0 Å². The number of benzene rings is 3. The lowest BCUT2D eigenvalue weighted by Crippen LogP contribution is -2.36. The van der Waals surface area contributed by atoms with Gasteiger partial charge in [-0.05, 0) is 62.0 Å². The number of nitrogens with one attached hydrogen (secondary N) is 1. The summed E-state index contributed by atoms with van der Waals surface area (Å²) in [5, 5.41) is 0.989. The van der Waals surface area contributed by atoms with Crippen molar-refractivity contribution in [2.45, 2.75) is 32.2 Å². The van der Waals surface area contributed by atoms with Crippen molar-refractivity contribution < 1.29 is 0 Å². The number of imidazole rings is 1. The summed E-state index contributed by atoms with van der Waals surface area (Å²) in [6, 6.07) is 27.9. The molecule has 0 radical (unpaired) electrons. The standard InChI is InChI=1S/C30H30N4O/c1-21-12-13-27-26(18-21)29-31-19-25(34(29)30(35)32-27)20-33-16-14-24(15-17-33)28(22-8-4-2-5-9-22)23-10-6-3-7-11-23/h2-13,18-19,24,28H,14-17,20H2,1H3,(H,32,35). The van der Waals surface area contributed by atoms with Crippen molar-refractivity contribution in [2.75, 3.05) is 13.1 Å². The number of rotatable bonds is 5. The van der Waals surface area contributed by atoms with Gasteiger partial charge in [-0.25, -0.2) is 14.2 Å². The largest absolute Gasteiger partial charge is 0.332 e. The molecule has 0 amide bonds. The smallest absolute Gasteiger partial charge is 0.306 e. The summed E-state index contributed by atoms with van der Waals surface area (Å²) in [5.41, 5.74) is 6.35. The minimum Gasteiger partial charge on any atom is -0.306 e. The summed E-state index contributed by atoms with van der Waals surface area (Å²) in [5.74, 6) is 1.00. The molecule has 6 rings (SSSR count). The lowest BCUT2D eigenvalue weighted by molar-refractivity contribution is 0.166. The maximum Gasteiger partial charge on any atom is 0.332 e. The molecular weight excluding hydrogens is 432 g/mol. The Bertz CT molecular complexity index is 1470. The maximum atomic E-state index is 12.9. The quantitative estimate of drug-likeness (QED) is 0.374. The van der Waals surface area contributed by atoms with Crippen LogP contribution in [0.3, 0.4) is 0 Å². The first-order chi connectivity index (χ1) is 17.2. The van der Waals surface area contributed by atoms with Gasteiger partial charge in [0.25, 0.3) is 0 Å². The van der Waals surface area contributed by atoms with Crippen LogP contribution in [-0.4, -0.2) is 32.4 Å². The molecule has 3 aromatic carbocycles. The monoisotopic (exact) mass is 462 g/mol. The minimum absolute atomic E-state index is 0.119. The van der Waals surface area contributed by atoms with Gasteiger partial charge in [0.2, 0.25) is 0 Å². The third-order valence-electron chi connectivity index (χ3n) is 7.50. The Kier molecular flexibility index (Phi) is 5.71. The predicted octanol–water partition coefficient (Wildman–Crippen LogP) is 5.53. The Hall–Kier alpha value is -3.70. The third-order valence-corrected chi connectivity index (χ3v) is 7.50. The Morgan fingerprint density at radius 2 is 1.60 bits per heavy atom. The van der Waals surface area contributed by atoms with Gasteiger partial charge in [0.1, 0.15) is 0 Å². The number of likely N-dealkylation sites (tertiary alicyclic amines) is 1. The molecule has 1 aliphatic rings. The van der Waals surface area contributed by atoms with Crippen LogP contribution in [0.1, 0.15) is 41.1 Å². The second-order valence-corrected chi connectivity index (χ2v) is 9.80. The molecule has 0 aliphatic carbocycles. The molecule has 0 spiro atoms. The van der Waals surface area contributed by atoms with E-state index < -0.39 is 0 Å². The molecule has 5 aromatic rings. The van der Waals surface area contributed by atoms with E-state index in [9.17, 15) is 4.79 Å². The Morgan fingerprint density at radius 3 is 2.26 bits per heavy atom. The van der Waals surface area contributed by atoms with Crippen LogP contribution < -0.4 is 5.69 Å². The first-order valence-electron chi connectivity index (χ1n) is 12.5. The van der Waals surface area contributed by atoms with E-state index in [2.05, 4.69) is 88.5 Å². The molecular formula is C30H30N4O. The highest BCUT2D eigenvalue weighted by molar-refractivity contribution is 5.91. The zero-order valence-corrected chi connectivity index (χ0v) is 20.0.